The minimum Gasteiger partial charge on any atom is -0.378 e. The minimum absolute atomic E-state index is 0.183. The summed E-state index contributed by atoms with van der Waals surface area (Å²) in [5, 5.41) is 18.2. The predicted octanol–water partition coefficient (Wildman–Crippen LogP) is 6.45. The monoisotopic (exact) mass is 523 g/mol. The van der Waals surface area contributed by atoms with Gasteiger partial charge in [-0.15, -0.1) is 0 Å². The number of carbonyl (C=O) groups excluding carboxylic acids is 1. The molecule has 1 saturated carbocycles. The van der Waals surface area contributed by atoms with Crippen molar-refractivity contribution >= 4 is 6.03 Å². The second-order valence-corrected chi connectivity index (χ2v) is 11.8. The average Bonchev–Trinajstić information content (AvgIpc) is 3.53. The van der Waals surface area contributed by atoms with Gasteiger partial charge in [0.05, 0.1) is 6.04 Å². The van der Waals surface area contributed by atoms with Crippen LogP contribution >= 0.6 is 0 Å². The van der Waals surface area contributed by atoms with Crippen molar-refractivity contribution in [1.82, 2.24) is 15.5 Å². The summed E-state index contributed by atoms with van der Waals surface area (Å²) in [6.45, 7) is 3.06. The van der Waals surface area contributed by atoms with Gasteiger partial charge in [0, 0.05) is 18.1 Å². The normalized spacial score (nSPS) is 25.2. The van der Waals surface area contributed by atoms with Crippen LogP contribution < -0.4 is 10.6 Å². The van der Waals surface area contributed by atoms with E-state index < -0.39 is 11.6 Å². The maximum atomic E-state index is 13.1. The number of urea groups is 1. The van der Waals surface area contributed by atoms with Gasteiger partial charge in [0.15, 0.2) is 0 Å². The summed E-state index contributed by atoms with van der Waals surface area (Å²) in [5.74, 6) is 0.731. The van der Waals surface area contributed by atoms with Gasteiger partial charge in [-0.05, 0) is 86.6 Å². The van der Waals surface area contributed by atoms with Crippen LogP contribution in [0.3, 0.4) is 0 Å². The summed E-state index contributed by atoms with van der Waals surface area (Å²) in [6, 6.07) is 28.9. The molecule has 204 valence electrons. The molecule has 0 spiro atoms. The topological polar surface area (TPSA) is 64.6 Å². The Morgan fingerprint density at radius 2 is 1.33 bits per heavy atom. The Labute approximate surface area is 232 Å². The lowest BCUT2D eigenvalue weighted by atomic mass is 9.81. The van der Waals surface area contributed by atoms with E-state index in [4.69, 9.17) is 0 Å². The number of nitrogens with one attached hydrogen (secondary N) is 2. The average molecular weight is 524 g/mol. The maximum absolute atomic E-state index is 13.1. The van der Waals surface area contributed by atoms with Gasteiger partial charge >= 0.3 is 6.03 Å². The number of hydrogen-bond acceptors (Lipinski definition) is 3. The summed E-state index contributed by atoms with van der Waals surface area (Å²) in [5.41, 5.74) is 3.33. The van der Waals surface area contributed by atoms with E-state index in [2.05, 4.69) is 39.8 Å². The van der Waals surface area contributed by atoms with E-state index in [1.54, 1.807) is 11.1 Å². The third kappa shape index (κ3) is 5.10. The molecule has 2 fully saturated rings. The Balaban J connectivity index is 1.00. The van der Waals surface area contributed by atoms with Crippen molar-refractivity contribution in [3.63, 3.8) is 0 Å². The van der Waals surface area contributed by atoms with Gasteiger partial charge in [-0.25, -0.2) is 4.79 Å². The summed E-state index contributed by atoms with van der Waals surface area (Å²) in [6.07, 6.45) is 8.20. The first-order valence-corrected chi connectivity index (χ1v) is 14.8. The molecule has 2 unspecified atom stereocenters. The molecule has 2 aliphatic heterocycles. The number of nitrogens with zero attached hydrogens (tertiary/aromatic N) is 1. The molecule has 2 heterocycles. The SMILES string of the molecule is C[C@H](NC(=O)NC1CCC(CCN2C3CCC2c2ccccc23)CC1)C(O)(c1ccccc1)c1ccccc1. The third-order valence-electron chi connectivity index (χ3n) is 9.61. The van der Waals surface area contributed by atoms with Gasteiger partial charge in [0.2, 0.25) is 0 Å². The molecule has 1 aliphatic carbocycles. The van der Waals surface area contributed by atoms with Crippen molar-refractivity contribution in [2.75, 3.05) is 6.54 Å². The summed E-state index contributed by atoms with van der Waals surface area (Å²) < 4.78 is 0. The lowest BCUT2D eigenvalue weighted by Crippen LogP contribution is -2.54. The summed E-state index contributed by atoms with van der Waals surface area (Å²) >= 11 is 0. The van der Waals surface area contributed by atoms with E-state index in [1.165, 1.54) is 25.8 Å². The van der Waals surface area contributed by atoms with Crippen LogP contribution in [0.15, 0.2) is 84.9 Å². The number of carbonyl (C=O) groups is 1. The Kier molecular flexibility index (Phi) is 7.46. The molecule has 3 N–H and O–H groups in total. The second-order valence-electron chi connectivity index (χ2n) is 11.8. The molecular formula is C34H41N3O2. The third-order valence-corrected chi connectivity index (χ3v) is 9.61. The Morgan fingerprint density at radius 1 is 0.821 bits per heavy atom. The molecule has 3 aromatic carbocycles. The quantitative estimate of drug-likeness (QED) is 0.318. The van der Waals surface area contributed by atoms with Gasteiger partial charge in [-0.2, -0.15) is 0 Å². The van der Waals surface area contributed by atoms with Crippen LogP contribution in [0.25, 0.3) is 0 Å². The zero-order chi connectivity index (χ0) is 26.8. The number of rotatable bonds is 8. The molecule has 0 aromatic heterocycles. The van der Waals surface area contributed by atoms with Crippen LogP contribution in [0.5, 0.6) is 0 Å². The largest absolute Gasteiger partial charge is 0.378 e. The standard InChI is InChI=1S/C34H41N3O2/c1-24(34(39,26-10-4-2-5-11-26)27-12-6-3-7-13-27)35-33(38)36-28-18-16-25(17-19-28)22-23-37-31-20-21-32(37)30-15-9-8-14-29(30)31/h2-15,24-25,28,31-32,39H,16-23H2,1H3,(H2,35,36,38)/t24-,25?,28?,31?,32?/m0/s1. The Morgan fingerprint density at radius 3 is 1.87 bits per heavy atom. The number of amides is 2. The number of benzene rings is 3. The van der Waals surface area contributed by atoms with Crippen LogP contribution in [0, 0.1) is 5.92 Å². The first kappa shape index (κ1) is 26.1. The van der Waals surface area contributed by atoms with Crippen molar-refractivity contribution < 1.29 is 9.90 Å². The zero-order valence-corrected chi connectivity index (χ0v) is 22.9. The van der Waals surface area contributed by atoms with E-state index in [-0.39, 0.29) is 12.1 Å². The molecule has 2 amide bonds. The van der Waals surface area contributed by atoms with E-state index in [0.717, 1.165) is 42.7 Å². The first-order valence-electron chi connectivity index (χ1n) is 14.8. The molecule has 3 aliphatic rings. The molecule has 0 radical (unpaired) electrons. The van der Waals surface area contributed by atoms with Crippen LogP contribution in [0.4, 0.5) is 4.79 Å². The molecule has 1 saturated heterocycles. The van der Waals surface area contributed by atoms with Crippen molar-refractivity contribution in [3.05, 3.63) is 107 Å². The summed E-state index contributed by atoms with van der Waals surface area (Å²) in [7, 11) is 0. The number of fused-ring (bicyclic) bond motifs is 5. The first-order chi connectivity index (χ1) is 19.0. The van der Waals surface area contributed by atoms with Gasteiger partial charge in [0.1, 0.15) is 5.60 Å². The Bertz CT molecular complexity index is 1190. The van der Waals surface area contributed by atoms with Crippen LogP contribution in [0.2, 0.25) is 0 Å². The maximum Gasteiger partial charge on any atom is 0.315 e. The van der Waals surface area contributed by atoms with Gasteiger partial charge < -0.3 is 15.7 Å². The minimum atomic E-state index is -1.33. The molecule has 3 aromatic rings. The van der Waals surface area contributed by atoms with Gasteiger partial charge in [-0.1, -0.05) is 84.9 Å². The fourth-order valence-corrected chi connectivity index (χ4v) is 7.47. The number of hydrogen-bond donors (Lipinski definition) is 3. The van der Waals surface area contributed by atoms with E-state index in [1.807, 2.05) is 67.6 Å². The van der Waals surface area contributed by atoms with Crippen LogP contribution in [0.1, 0.15) is 86.2 Å². The van der Waals surface area contributed by atoms with Crippen LogP contribution in [-0.2, 0) is 5.60 Å². The van der Waals surface area contributed by atoms with E-state index in [0.29, 0.717) is 12.1 Å². The second kappa shape index (κ2) is 11.1. The molecular weight excluding hydrogens is 482 g/mol. The van der Waals surface area contributed by atoms with E-state index >= 15 is 0 Å². The van der Waals surface area contributed by atoms with Crippen molar-refractivity contribution in [1.29, 1.82) is 0 Å². The van der Waals surface area contributed by atoms with Crippen molar-refractivity contribution in [3.8, 4) is 0 Å². The van der Waals surface area contributed by atoms with Crippen LogP contribution in [-0.4, -0.2) is 34.7 Å². The number of aliphatic hydroxyl groups is 1. The fraction of sp³-hybridized carbons (Fsp3) is 0.441. The lowest BCUT2D eigenvalue weighted by molar-refractivity contribution is 0.0470. The zero-order valence-electron chi connectivity index (χ0n) is 22.9. The van der Waals surface area contributed by atoms with Gasteiger partial charge in [-0.3, -0.25) is 4.90 Å². The predicted molar refractivity (Wildman–Crippen MR) is 155 cm³/mol. The molecule has 5 heteroatoms. The Hall–Kier alpha value is -3.15. The highest BCUT2D eigenvalue weighted by Crippen LogP contribution is 2.53. The molecule has 2 bridgehead atoms. The smallest absolute Gasteiger partial charge is 0.315 e. The molecule has 6 rings (SSSR count). The highest BCUT2D eigenvalue weighted by atomic mass is 16.3. The fourth-order valence-electron chi connectivity index (χ4n) is 7.47. The molecule has 3 atom stereocenters. The van der Waals surface area contributed by atoms with Gasteiger partial charge in [0.25, 0.3) is 0 Å². The molecule has 5 nitrogen and oxygen atoms in total. The van der Waals surface area contributed by atoms with E-state index in [9.17, 15) is 9.90 Å². The summed E-state index contributed by atoms with van der Waals surface area (Å²) in [4.78, 5) is 15.8. The highest BCUT2D eigenvalue weighted by molar-refractivity contribution is 5.75. The molecule has 39 heavy (non-hydrogen) atoms. The highest BCUT2D eigenvalue weighted by Gasteiger charge is 2.43. The lowest BCUT2D eigenvalue weighted by Gasteiger charge is -2.36. The van der Waals surface area contributed by atoms with Crippen molar-refractivity contribution in [2.24, 2.45) is 5.92 Å². The van der Waals surface area contributed by atoms with Crippen molar-refractivity contribution in [2.45, 2.75) is 81.6 Å².